The molecule has 0 radical (unpaired) electrons. The second-order valence-corrected chi connectivity index (χ2v) is 7.24. The van der Waals surface area contributed by atoms with Crippen molar-refractivity contribution < 1.29 is 0 Å². The molecule has 0 N–H and O–H groups in total. The highest BCUT2D eigenvalue weighted by atomic mass is 35.5. The Hall–Kier alpha value is -1.27. The van der Waals surface area contributed by atoms with E-state index in [9.17, 15) is 0 Å². The molecule has 1 aliphatic carbocycles. The molecule has 2 aromatic rings. The minimum absolute atomic E-state index is 0.0821. The highest BCUT2D eigenvalue weighted by molar-refractivity contribution is 6.21. The summed E-state index contributed by atoms with van der Waals surface area (Å²) in [5.74, 6) is 0.466. The maximum atomic E-state index is 6.74. The van der Waals surface area contributed by atoms with Crippen LogP contribution in [-0.2, 0) is 11.8 Å². The second kappa shape index (κ2) is 5.50. The number of hydrogen-bond donors (Lipinski definition) is 0. The van der Waals surface area contributed by atoms with Crippen LogP contribution in [0.3, 0.4) is 0 Å². The molecule has 3 rings (SSSR count). The molecule has 2 aromatic carbocycles. The zero-order chi connectivity index (χ0) is 15.0. The van der Waals surface area contributed by atoms with Gasteiger partial charge in [-0.3, -0.25) is 0 Å². The fourth-order valence-electron chi connectivity index (χ4n) is 3.11. The molecule has 0 saturated heterocycles. The lowest BCUT2D eigenvalue weighted by atomic mass is 9.74. The topological polar surface area (TPSA) is 0 Å². The third-order valence-electron chi connectivity index (χ3n) is 5.14. The van der Waals surface area contributed by atoms with Crippen molar-refractivity contribution >= 4 is 11.6 Å². The summed E-state index contributed by atoms with van der Waals surface area (Å²) in [6, 6.07) is 17.6. The predicted octanol–water partition coefficient (Wildman–Crippen LogP) is 5.99. The minimum Gasteiger partial charge on any atom is -0.117 e. The Labute approximate surface area is 133 Å². The van der Waals surface area contributed by atoms with Crippen LogP contribution in [0.25, 0.3) is 0 Å². The molecule has 2 atom stereocenters. The third-order valence-corrected chi connectivity index (χ3v) is 5.70. The van der Waals surface area contributed by atoms with Crippen LogP contribution >= 0.6 is 11.6 Å². The van der Waals surface area contributed by atoms with Gasteiger partial charge in [-0.25, -0.2) is 0 Å². The summed E-state index contributed by atoms with van der Waals surface area (Å²) in [7, 11) is 0. The molecule has 0 fully saturated rings. The van der Waals surface area contributed by atoms with E-state index < -0.39 is 0 Å². The van der Waals surface area contributed by atoms with Gasteiger partial charge < -0.3 is 0 Å². The number of halogens is 1. The molecule has 0 spiro atoms. The Morgan fingerprint density at radius 3 is 2.38 bits per heavy atom. The summed E-state index contributed by atoms with van der Waals surface area (Å²) in [6.45, 7) is 6.83. The SMILES string of the molecule is CCC(C)(C)c1ccc(C(Cl)C2Cc3ccccc32)cc1. The molecule has 110 valence electrons. The molecule has 2 unspecified atom stereocenters. The molecular formula is C20H23Cl. The van der Waals surface area contributed by atoms with E-state index in [0.29, 0.717) is 5.92 Å². The Balaban J connectivity index is 1.79. The van der Waals surface area contributed by atoms with Gasteiger partial charge in [-0.15, -0.1) is 11.6 Å². The van der Waals surface area contributed by atoms with E-state index in [1.165, 1.54) is 22.3 Å². The van der Waals surface area contributed by atoms with E-state index in [-0.39, 0.29) is 10.8 Å². The number of benzene rings is 2. The van der Waals surface area contributed by atoms with E-state index in [4.69, 9.17) is 11.6 Å². The highest BCUT2D eigenvalue weighted by Gasteiger charge is 2.32. The van der Waals surface area contributed by atoms with E-state index >= 15 is 0 Å². The normalized spacial score (nSPS) is 18.8. The average Bonchev–Trinajstić information content (AvgIpc) is 2.48. The van der Waals surface area contributed by atoms with Crippen LogP contribution < -0.4 is 0 Å². The molecule has 0 heterocycles. The molecule has 21 heavy (non-hydrogen) atoms. The van der Waals surface area contributed by atoms with Gasteiger partial charge in [0.1, 0.15) is 0 Å². The van der Waals surface area contributed by atoms with Crippen molar-refractivity contribution in [2.45, 2.75) is 50.3 Å². The Morgan fingerprint density at radius 2 is 1.76 bits per heavy atom. The lowest BCUT2D eigenvalue weighted by molar-refractivity contribution is 0.505. The quantitative estimate of drug-likeness (QED) is 0.608. The molecular weight excluding hydrogens is 276 g/mol. The fourth-order valence-corrected chi connectivity index (χ4v) is 3.48. The first-order valence-electron chi connectivity index (χ1n) is 7.85. The van der Waals surface area contributed by atoms with Crippen molar-refractivity contribution in [3.63, 3.8) is 0 Å². The Bertz CT molecular complexity index is 625. The van der Waals surface area contributed by atoms with Crippen LogP contribution in [0.1, 0.15) is 60.7 Å². The standard InChI is InChI=1S/C20H23Cl/c1-4-20(2,3)16-11-9-14(10-12-16)19(21)18-13-15-7-5-6-8-17(15)18/h5-12,18-19H,4,13H2,1-3H3. The van der Waals surface area contributed by atoms with Crippen LogP contribution in [0.2, 0.25) is 0 Å². The van der Waals surface area contributed by atoms with Gasteiger partial charge in [-0.1, -0.05) is 69.3 Å². The van der Waals surface area contributed by atoms with Crippen molar-refractivity contribution in [2.24, 2.45) is 0 Å². The maximum Gasteiger partial charge on any atom is 0.0657 e. The highest BCUT2D eigenvalue weighted by Crippen LogP contribution is 2.46. The summed E-state index contributed by atoms with van der Waals surface area (Å²) in [4.78, 5) is 0. The van der Waals surface area contributed by atoms with Crippen molar-refractivity contribution in [1.82, 2.24) is 0 Å². The van der Waals surface area contributed by atoms with Gasteiger partial charge >= 0.3 is 0 Å². The van der Waals surface area contributed by atoms with Gasteiger partial charge in [-0.2, -0.15) is 0 Å². The molecule has 1 heteroatoms. The van der Waals surface area contributed by atoms with Crippen LogP contribution in [0.15, 0.2) is 48.5 Å². The number of rotatable bonds is 4. The van der Waals surface area contributed by atoms with E-state index in [2.05, 4.69) is 69.3 Å². The smallest absolute Gasteiger partial charge is 0.0657 e. The van der Waals surface area contributed by atoms with Crippen molar-refractivity contribution in [3.05, 3.63) is 70.8 Å². The monoisotopic (exact) mass is 298 g/mol. The first-order valence-corrected chi connectivity index (χ1v) is 8.29. The number of alkyl halides is 1. The number of hydrogen-bond acceptors (Lipinski definition) is 0. The van der Waals surface area contributed by atoms with E-state index in [0.717, 1.165) is 12.8 Å². The van der Waals surface area contributed by atoms with Crippen molar-refractivity contribution in [3.8, 4) is 0 Å². The average molecular weight is 299 g/mol. The van der Waals surface area contributed by atoms with E-state index in [1.807, 2.05) is 0 Å². The van der Waals surface area contributed by atoms with E-state index in [1.54, 1.807) is 0 Å². The molecule has 0 bridgehead atoms. The molecule has 0 amide bonds. The van der Waals surface area contributed by atoms with Crippen molar-refractivity contribution in [1.29, 1.82) is 0 Å². The molecule has 1 aliphatic rings. The van der Waals surface area contributed by atoms with Crippen LogP contribution in [0, 0.1) is 0 Å². The zero-order valence-electron chi connectivity index (χ0n) is 13.1. The largest absolute Gasteiger partial charge is 0.117 e. The molecule has 0 saturated carbocycles. The Morgan fingerprint density at radius 1 is 1.10 bits per heavy atom. The summed E-state index contributed by atoms with van der Waals surface area (Å²) in [5, 5.41) is 0.0821. The van der Waals surface area contributed by atoms with Crippen LogP contribution in [0.5, 0.6) is 0 Å². The zero-order valence-corrected chi connectivity index (χ0v) is 13.8. The van der Waals surface area contributed by atoms with Gasteiger partial charge in [0.2, 0.25) is 0 Å². The second-order valence-electron chi connectivity index (χ2n) is 6.77. The lowest BCUT2D eigenvalue weighted by Crippen LogP contribution is -2.21. The summed E-state index contributed by atoms with van der Waals surface area (Å²) in [5.41, 5.74) is 5.76. The molecule has 0 nitrogen and oxygen atoms in total. The van der Waals surface area contributed by atoms with Crippen molar-refractivity contribution in [2.75, 3.05) is 0 Å². The van der Waals surface area contributed by atoms with Gasteiger partial charge in [0.25, 0.3) is 0 Å². The van der Waals surface area contributed by atoms with Gasteiger partial charge in [0, 0.05) is 5.92 Å². The van der Waals surface area contributed by atoms with Crippen LogP contribution in [0.4, 0.5) is 0 Å². The predicted molar refractivity (Wildman–Crippen MR) is 91.2 cm³/mol. The third kappa shape index (κ3) is 2.62. The minimum atomic E-state index is 0.0821. The summed E-state index contributed by atoms with van der Waals surface area (Å²) in [6.07, 6.45) is 2.25. The molecule has 0 aromatic heterocycles. The first-order chi connectivity index (χ1) is 10.0. The first kappa shape index (κ1) is 14.7. The van der Waals surface area contributed by atoms with Gasteiger partial charge in [0.05, 0.1) is 5.38 Å². The maximum absolute atomic E-state index is 6.74. The number of fused-ring (bicyclic) bond motifs is 1. The Kier molecular flexibility index (Phi) is 3.84. The summed E-state index contributed by atoms with van der Waals surface area (Å²) < 4.78 is 0. The van der Waals surface area contributed by atoms with Crippen LogP contribution in [-0.4, -0.2) is 0 Å². The molecule has 0 aliphatic heterocycles. The van der Waals surface area contributed by atoms with Gasteiger partial charge in [0.15, 0.2) is 0 Å². The fraction of sp³-hybridized carbons (Fsp3) is 0.400. The lowest BCUT2D eigenvalue weighted by Gasteiger charge is -2.34. The van der Waals surface area contributed by atoms with Gasteiger partial charge in [-0.05, 0) is 40.5 Å². The summed E-state index contributed by atoms with van der Waals surface area (Å²) >= 11 is 6.74.